The highest BCUT2D eigenvalue weighted by atomic mass is 32.2. The lowest BCUT2D eigenvalue weighted by Gasteiger charge is -2.32. The summed E-state index contributed by atoms with van der Waals surface area (Å²) < 4.78 is 25.9. The van der Waals surface area contributed by atoms with Crippen molar-refractivity contribution in [1.29, 1.82) is 0 Å². The number of carbonyl (C=O) groups excluding carboxylic acids is 1. The van der Waals surface area contributed by atoms with Crippen molar-refractivity contribution in [2.75, 3.05) is 18.8 Å². The maximum atomic E-state index is 12.3. The molecule has 0 bridgehead atoms. The average Bonchev–Trinajstić information content (AvgIpc) is 2.54. The SMILES string of the molecule is CCS(=O)(=O)NC1CCN(C(=O)CCc2ccc(C)cc2)CC1. The van der Waals surface area contributed by atoms with Crippen molar-refractivity contribution < 1.29 is 13.2 Å². The van der Waals surface area contributed by atoms with E-state index in [1.54, 1.807) is 6.92 Å². The first-order valence-corrected chi connectivity index (χ1v) is 9.88. The molecule has 5 nitrogen and oxygen atoms in total. The zero-order valence-corrected chi connectivity index (χ0v) is 14.7. The average molecular weight is 338 g/mol. The number of likely N-dealkylation sites (tertiary alicyclic amines) is 1. The van der Waals surface area contributed by atoms with E-state index < -0.39 is 10.0 Å². The summed E-state index contributed by atoms with van der Waals surface area (Å²) in [4.78, 5) is 14.1. The first kappa shape index (κ1) is 17.9. The maximum absolute atomic E-state index is 12.3. The molecule has 0 radical (unpaired) electrons. The second-order valence-corrected chi connectivity index (χ2v) is 8.20. The zero-order valence-electron chi connectivity index (χ0n) is 13.9. The van der Waals surface area contributed by atoms with Gasteiger partial charge in [0.15, 0.2) is 0 Å². The van der Waals surface area contributed by atoms with Crippen LogP contribution in [0.3, 0.4) is 0 Å². The molecule has 128 valence electrons. The van der Waals surface area contributed by atoms with E-state index in [0.29, 0.717) is 32.4 Å². The normalized spacial score (nSPS) is 16.5. The Hall–Kier alpha value is -1.40. The van der Waals surface area contributed by atoms with Crippen molar-refractivity contribution in [2.24, 2.45) is 0 Å². The molecule has 1 saturated heterocycles. The Bertz CT molecular complexity index is 618. The predicted molar refractivity (Wildman–Crippen MR) is 91.7 cm³/mol. The van der Waals surface area contributed by atoms with Gasteiger partial charge in [0.05, 0.1) is 5.75 Å². The van der Waals surface area contributed by atoms with Crippen LogP contribution in [0.15, 0.2) is 24.3 Å². The predicted octanol–water partition coefficient (Wildman–Crippen LogP) is 1.86. The summed E-state index contributed by atoms with van der Waals surface area (Å²) in [6.07, 6.45) is 2.64. The third kappa shape index (κ3) is 5.62. The van der Waals surface area contributed by atoms with E-state index in [1.165, 1.54) is 11.1 Å². The summed E-state index contributed by atoms with van der Waals surface area (Å²) >= 11 is 0. The van der Waals surface area contributed by atoms with Gasteiger partial charge in [-0.25, -0.2) is 13.1 Å². The second-order valence-electron chi connectivity index (χ2n) is 6.16. The first-order valence-electron chi connectivity index (χ1n) is 8.23. The Morgan fingerprint density at radius 3 is 2.39 bits per heavy atom. The van der Waals surface area contributed by atoms with Crippen molar-refractivity contribution >= 4 is 15.9 Å². The number of aryl methyl sites for hydroxylation is 2. The summed E-state index contributed by atoms with van der Waals surface area (Å²) in [6.45, 7) is 4.94. The van der Waals surface area contributed by atoms with Crippen molar-refractivity contribution in [1.82, 2.24) is 9.62 Å². The smallest absolute Gasteiger partial charge is 0.222 e. The van der Waals surface area contributed by atoms with Gasteiger partial charge in [0.2, 0.25) is 15.9 Å². The van der Waals surface area contributed by atoms with Crippen LogP contribution in [-0.2, 0) is 21.2 Å². The molecule has 1 aromatic carbocycles. The van der Waals surface area contributed by atoms with E-state index in [0.717, 1.165) is 6.42 Å². The number of carbonyl (C=O) groups is 1. The maximum Gasteiger partial charge on any atom is 0.222 e. The van der Waals surface area contributed by atoms with Gasteiger partial charge in [-0.2, -0.15) is 0 Å². The van der Waals surface area contributed by atoms with Crippen molar-refractivity contribution in [2.45, 2.75) is 45.6 Å². The largest absolute Gasteiger partial charge is 0.343 e. The molecule has 1 heterocycles. The Morgan fingerprint density at radius 1 is 1.22 bits per heavy atom. The molecule has 1 fully saturated rings. The summed E-state index contributed by atoms with van der Waals surface area (Å²) in [5.74, 6) is 0.255. The summed E-state index contributed by atoms with van der Waals surface area (Å²) in [5, 5.41) is 0. The quantitative estimate of drug-likeness (QED) is 0.861. The molecule has 1 amide bonds. The van der Waals surface area contributed by atoms with Crippen LogP contribution in [0.1, 0.15) is 37.3 Å². The fraction of sp³-hybridized carbons (Fsp3) is 0.588. The van der Waals surface area contributed by atoms with Gasteiger partial charge in [0.25, 0.3) is 0 Å². The van der Waals surface area contributed by atoms with Gasteiger partial charge < -0.3 is 4.90 Å². The molecular weight excluding hydrogens is 312 g/mol. The van der Waals surface area contributed by atoms with Gasteiger partial charge in [0, 0.05) is 25.6 Å². The highest BCUT2D eigenvalue weighted by Gasteiger charge is 2.24. The molecule has 0 aliphatic carbocycles. The van der Waals surface area contributed by atoms with Crippen molar-refractivity contribution in [3.8, 4) is 0 Å². The van der Waals surface area contributed by atoms with Crippen molar-refractivity contribution in [3.05, 3.63) is 35.4 Å². The first-order chi connectivity index (χ1) is 10.9. The van der Waals surface area contributed by atoms with E-state index >= 15 is 0 Å². The summed E-state index contributed by atoms with van der Waals surface area (Å²) in [5.41, 5.74) is 2.39. The second kappa shape index (κ2) is 7.93. The number of hydrogen-bond donors (Lipinski definition) is 1. The van der Waals surface area contributed by atoms with Gasteiger partial charge in [-0.05, 0) is 38.7 Å². The Morgan fingerprint density at radius 2 is 1.83 bits per heavy atom. The molecule has 0 aromatic heterocycles. The van der Waals surface area contributed by atoms with E-state index in [1.807, 2.05) is 11.8 Å². The third-order valence-corrected chi connectivity index (χ3v) is 5.77. The number of hydrogen-bond acceptors (Lipinski definition) is 3. The number of amides is 1. The van der Waals surface area contributed by atoms with Crippen LogP contribution in [0.4, 0.5) is 0 Å². The molecule has 0 atom stereocenters. The minimum absolute atomic E-state index is 0.0406. The number of piperidine rings is 1. The van der Waals surface area contributed by atoms with E-state index in [4.69, 9.17) is 0 Å². The van der Waals surface area contributed by atoms with Gasteiger partial charge in [-0.15, -0.1) is 0 Å². The highest BCUT2D eigenvalue weighted by molar-refractivity contribution is 7.89. The molecule has 0 saturated carbocycles. The number of rotatable bonds is 6. The summed E-state index contributed by atoms with van der Waals surface area (Å²) in [6, 6.07) is 8.21. The topological polar surface area (TPSA) is 66.5 Å². The molecule has 1 N–H and O–H groups in total. The molecule has 1 aromatic rings. The fourth-order valence-corrected chi connectivity index (χ4v) is 3.66. The van der Waals surface area contributed by atoms with E-state index in [2.05, 4.69) is 29.0 Å². The van der Waals surface area contributed by atoms with Crippen LogP contribution in [0.5, 0.6) is 0 Å². The van der Waals surface area contributed by atoms with Crippen molar-refractivity contribution in [3.63, 3.8) is 0 Å². The van der Waals surface area contributed by atoms with Gasteiger partial charge >= 0.3 is 0 Å². The number of sulfonamides is 1. The van der Waals surface area contributed by atoms with Gasteiger partial charge in [-0.3, -0.25) is 4.79 Å². The number of benzene rings is 1. The standard InChI is InChI=1S/C17H26N2O3S/c1-3-23(21,22)18-16-10-12-19(13-11-16)17(20)9-8-15-6-4-14(2)5-7-15/h4-7,16,18H,3,8-13H2,1-2H3. The molecule has 2 rings (SSSR count). The minimum atomic E-state index is -3.16. The lowest BCUT2D eigenvalue weighted by molar-refractivity contribution is -0.132. The van der Waals surface area contributed by atoms with E-state index in [9.17, 15) is 13.2 Å². The van der Waals surface area contributed by atoms with Crippen LogP contribution >= 0.6 is 0 Å². The van der Waals surface area contributed by atoms with Gasteiger partial charge in [0.1, 0.15) is 0 Å². The molecule has 1 aliphatic rings. The third-order valence-electron chi connectivity index (χ3n) is 4.32. The number of nitrogens with zero attached hydrogens (tertiary/aromatic N) is 1. The van der Waals surface area contributed by atoms with Crippen LogP contribution < -0.4 is 4.72 Å². The fourth-order valence-electron chi connectivity index (χ4n) is 2.75. The lowest BCUT2D eigenvalue weighted by Crippen LogP contribution is -2.46. The highest BCUT2D eigenvalue weighted by Crippen LogP contribution is 2.14. The Kier molecular flexibility index (Phi) is 6.18. The molecule has 6 heteroatoms. The van der Waals surface area contributed by atoms with Crippen LogP contribution in [0.25, 0.3) is 0 Å². The minimum Gasteiger partial charge on any atom is -0.343 e. The lowest BCUT2D eigenvalue weighted by atomic mass is 10.0. The molecule has 0 unspecified atom stereocenters. The monoisotopic (exact) mass is 338 g/mol. The summed E-state index contributed by atoms with van der Waals surface area (Å²) in [7, 11) is -3.16. The number of nitrogens with one attached hydrogen (secondary N) is 1. The zero-order chi connectivity index (χ0) is 16.9. The molecule has 23 heavy (non-hydrogen) atoms. The van der Waals surface area contributed by atoms with Crippen LogP contribution in [0.2, 0.25) is 0 Å². The van der Waals surface area contributed by atoms with Crippen LogP contribution in [-0.4, -0.2) is 44.1 Å². The molecule has 1 aliphatic heterocycles. The van der Waals surface area contributed by atoms with Gasteiger partial charge in [-0.1, -0.05) is 29.8 Å². The molecule has 0 spiro atoms. The molecular formula is C17H26N2O3S. The van der Waals surface area contributed by atoms with Crippen LogP contribution in [0, 0.1) is 6.92 Å². The van der Waals surface area contributed by atoms with E-state index in [-0.39, 0.29) is 17.7 Å². The Labute approximate surface area is 139 Å². The Balaban J connectivity index is 1.76.